The third-order valence-corrected chi connectivity index (χ3v) is 2.86. The van der Waals surface area contributed by atoms with E-state index >= 15 is 0 Å². The van der Waals surface area contributed by atoms with Crippen LogP contribution in [-0.4, -0.2) is 23.7 Å². The molecule has 0 aliphatic heterocycles. The van der Waals surface area contributed by atoms with Crippen molar-refractivity contribution in [3.63, 3.8) is 0 Å². The Morgan fingerprint density at radius 2 is 2.24 bits per heavy atom. The van der Waals surface area contributed by atoms with Gasteiger partial charge in [0.15, 0.2) is 6.10 Å². The van der Waals surface area contributed by atoms with Gasteiger partial charge in [0.05, 0.1) is 12.9 Å². The standard InChI is InChI=1S/C15H16FNO4/c1-10(21-12-5-2-4-11(16)8-12)15(19)17-13(9-18)14-6-3-7-20-14/h2-8,10,13,18H,9H2,1H3,(H,17,19). The highest BCUT2D eigenvalue weighted by Crippen LogP contribution is 2.16. The first-order chi connectivity index (χ1) is 10.1. The molecule has 6 heteroatoms. The van der Waals surface area contributed by atoms with Crippen molar-refractivity contribution in [2.45, 2.75) is 19.1 Å². The van der Waals surface area contributed by atoms with Crippen LogP contribution in [0.5, 0.6) is 5.75 Å². The number of hydrogen-bond donors (Lipinski definition) is 2. The Kier molecular flexibility index (Phi) is 4.94. The maximum absolute atomic E-state index is 13.0. The highest BCUT2D eigenvalue weighted by Gasteiger charge is 2.21. The van der Waals surface area contributed by atoms with Gasteiger partial charge in [-0.05, 0) is 31.2 Å². The van der Waals surface area contributed by atoms with E-state index in [1.54, 1.807) is 18.2 Å². The Morgan fingerprint density at radius 1 is 1.43 bits per heavy atom. The molecule has 112 valence electrons. The number of amides is 1. The molecule has 0 saturated carbocycles. The zero-order valence-electron chi connectivity index (χ0n) is 11.5. The molecule has 2 unspecified atom stereocenters. The molecule has 5 nitrogen and oxygen atoms in total. The maximum atomic E-state index is 13.0. The van der Waals surface area contributed by atoms with E-state index in [4.69, 9.17) is 9.15 Å². The van der Waals surface area contributed by atoms with Crippen LogP contribution in [0.2, 0.25) is 0 Å². The van der Waals surface area contributed by atoms with Gasteiger partial charge in [0.2, 0.25) is 0 Å². The minimum atomic E-state index is -0.837. The van der Waals surface area contributed by atoms with Gasteiger partial charge < -0.3 is 19.6 Å². The number of nitrogens with one attached hydrogen (secondary N) is 1. The second kappa shape index (κ2) is 6.90. The SMILES string of the molecule is CC(Oc1cccc(F)c1)C(=O)NC(CO)c1ccco1. The average Bonchev–Trinajstić information content (AvgIpc) is 2.98. The van der Waals surface area contributed by atoms with Crippen molar-refractivity contribution in [2.24, 2.45) is 0 Å². The summed E-state index contributed by atoms with van der Waals surface area (Å²) in [6.45, 7) is 1.24. The molecule has 0 bridgehead atoms. The van der Waals surface area contributed by atoms with E-state index < -0.39 is 23.9 Å². The first-order valence-corrected chi connectivity index (χ1v) is 6.47. The number of hydrogen-bond acceptors (Lipinski definition) is 4. The zero-order valence-corrected chi connectivity index (χ0v) is 11.5. The van der Waals surface area contributed by atoms with Gasteiger partial charge in [0.1, 0.15) is 23.4 Å². The summed E-state index contributed by atoms with van der Waals surface area (Å²) in [5.74, 6) is -0.168. The predicted molar refractivity (Wildman–Crippen MR) is 73.2 cm³/mol. The number of ether oxygens (including phenoxy) is 1. The monoisotopic (exact) mass is 293 g/mol. The van der Waals surface area contributed by atoms with Crippen LogP contribution in [0.3, 0.4) is 0 Å². The maximum Gasteiger partial charge on any atom is 0.261 e. The zero-order chi connectivity index (χ0) is 15.2. The largest absolute Gasteiger partial charge is 0.481 e. The van der Waals surface area contributed by atoms with Gasteiger partial charge in [-0.3, -0.25) is 4.79 Å². The van der Waals surface area contributed by atoms with E-state index in [0.717, 1.165) is 0 Å². The fourth-order valence-electron chi connectivity index (χ4n) is 1.78. The van der Waals surface area contributed by atoms with Crippen LogP contribution in [0.25, 0.3) is 0 Å². The summed E-state index contributed by atoms with van der Waals surface area (Å²) in [6.07, 6.45) is 0.618. The predicted octanol–water partition coefficient (Wildman–Crippen LogP) is 2.04. The van der Waals surface area contributed by atoms with Crippen molar-refractivity contribution in [3.8, 4) is 5.75 Å². The lowest BCUT2D eigenvalue weighted by molar-refractivity contribution is -0.128. The molecule has 1 amide bonds. The number of furan rings is 1. The summed E-state index contributed by atoms with van der Waals surface area (Å²) < 4.78 is 23.5. The Morgan fingerprint density at radius 3 is 2.86 bits per heavy atom. The van der Waals surface area contributed by atoms with Gasteiger partial charge in [0.25, 0.3) is 5.91 Å². The van der Waals surface area contributed by atoms with Crippen molar-refractivity contribution in [1.82, 2.24) is 5.32 Å². The van der Waals surface area contributed by atoms with E-state index in [2.05, 4.69) is 5.32 Å². The molecule has 2 N–H and O–H groups in total. The number of halogens is 1. The number of carbonyl (C=O) groups is 1. The van der Waals surface area contributed by atoms with Gasteiger partial charge in [-0.15, -0.1) is 0 Å². The fraction of sp³-hybridized carbons (Fsp3) is 0.267. The van der Waals surface area contributed by atoms with E-state index in [1.807, 2.05) is 0 Å². The first kappa shape index (κ1) is 15.1. The van der Waals surface area contributed by atoms with E-state index in [0.29, 0.717) is 5.76 Å². The fourth-order valence-corrected chi connectivity index (χ4v) is 1.78. The number of aliphatic hydroxyl groups is 1. The Balaban J connectivity index is 1.96. The molecular weight excluding hydrogens is 277 g/mol. The molecule has 0 spiro atoms. The minimum Gasteiger partial charge on any atom is -0.481 e. The van der Waals surface area contributed by atoms with Crippen molar-refractivity contribution in [1.29, 1.82) is 0 Å². The second-order valence-corrected chi connectivity index (χ2v) is 4.48. The molecule has 2 rings (SSSR count). The van der Waals surface area contributed by atoms with Crippen LogP contribution in [0, 0.1) is 5.82 Å². The molecule has 2 aromatic rings. The minimum absolute atomic E-state index is 0.260. The summed E-state index contributed by atoms with van der Waals surface area (Å²) in [5.41, 5.74) is 0. The van der Waals surface area contributed by atoms with E-state index in [-0.39, 0.29) is 12.4 Å². The van der Waals surface area contributed by atoms with Crippen molar-refractivity contribution in [3.05, 3.63) is 54.2 Å². The van der Waals surface area contributed by atoms with Gasteiger partial charge in [-0.25, -0.2) is 4.39 Å². The van der Waals surface area contributed by atoms with Crippen LogP contribution in [0.4, 0.5) is 4.39 Å². The van der Waals surface area contributed by atoms with Crippen LogP contribution >= 0.6 is 0 Å². The van der Waals surface area contributed by atoms with Crippen LogP contribution in [0.15, 0.2) is 47.1 Å². The van der Waals surface area contributed by atoms with Crippen molar-refractivity contribution >= 4 is 5.91 Å². The molecule has 0 aliphatic rings. The normalized spacial score (nSPS) is 13.5. The molecule has 1 aromatic heterocycles. The summed E-state index contributed by atoms with van der Waals surface area (Å²) in [4.78, 5) is 12.0. The number of benzene rings is 1. The van der Waals surface area contributed by atoms with Gasteiger partial charge >= 0.3 is 0 Å². The van der Waals surface area contributed by atoms with Gasteiger partial charge in [-0.1, -0.05) is 6.07 Å². The molecule has 1 heterocycles. The summed E-state index contributed by atoms with van der Waals surface area (Å²) in [6, 6.07) is 8.20. The third-order valence-electron chi connectivity index (χ3n) is 2.86. The molecule has 0 aliphatic carbocycles. The van der Waals surface area contributed by atoms with Crippen LogP contribution < -0.4 is 10.1 Å². The van der Waals surface area contributed by atoms with Gasteiger partial charge in [0, 0.05) is 6.07 Å². The van der Waals surface area contributed by atoms with Crippen LogP contribution in [-0.2, 0) is 4.79 Å². The summed E-state index contributed by atoms with van der Waals surface area (Å²) >= 11 is 0. The molecule has 0 radical (unpaired) electrons. The quantitative estimate of drug-likeness (QED) is 0.855. The van der Waals surface area contributed by atoms with E-state index in [9.17, 15) is 14.3 Å². The smallest absolute Gasteiger partial charge is 0.261 e. The van der Waals surface area contributed by atoms with Gasteiger partial charge in [-0.2, -0.15) is 0 Å². The topological polar surface area (TPSA) is 71.7 Å². The molecule has 1 aromatic carbocycles. The molecule has 21 heavy (non-hydrogen) atoms. The lowest BCUT2D eigenvalue weighted by atomic mass is 10.2. The number of carbonyl (C=O) groups excluding carboxylic acids is 1. The highest BCUT2D eigenvalue weighted by atomic mass is 19.1. The van der Waals surface area contributed by atoms with E-state index in [1.165, 1.54) is 31.4 Å². The highest BCUT2D eigenvalue weighted by molar-refractivity contribution is 5.81. The molecule has 2 atom stereocenters. The Hall–Kier alpha value is -2.34. The number of aliphatic hydroxyl groups excluding tert-OH is 1. The molecule has 0 saturated heterocycles. The van der Waals surface area contributed by atoms with Crippen LogP contribution in [0.1, 0.15) is 18.7 Å². The lowest BCUT2D eigenvalue weighted by Crippen LogP contribution is -2.39. The summed E-state index contributed by atoms with van der Waals surface area (Å²) in [5, 5.41) is 11.9. The van der Waals surface area contributed by atoms with Crippen molar-refractivity contribution in [2.75, 3.05) is 6.61 Å². The lowest BCUT2D eigenvalue weighted by Gasteiger charge is -2.18. The molecular formula is C15H16FNO4. The Bertz CT molecular complexity index is 585. The first-order valence-electron chi connectivity index (χ1n) is 6.47. The third kappa shape index (κ3) is 4.06. The number of rotatable bonds is 6. The summed E-state index contributed by atoms with van der Waals surface area (Å²) in [7, 11) is 0. The second-order valence-electron chi connectivity index (χ2n) is 4.48. The average molecular weight is 293 g/mol. The Labute approximate surface area is 121 Å². The van der Waals surface area contributed by atoms with Crippen molar-refractivity contribution < 1.29 is 23.4 Å². The molecule has 0 fully saturated rings.